The van der Waals surface area contributed by atoms with Crippen LogP contribution in [0.5, 0.6) is 0 Å². The molecule has 0 saturated heterocycles. The molecule has 1 heterocycles. The fraction of sp³-hybridized carbons (Fsp3) is 0.286. The van der Waals surface area contributed by atoms with Crippen molar-refractivity contribution in [1.29, 1.82) is 0 Å². The second kappa shape index (κ2) is 6.05. The van der Waals surface area contributed by atoms with E-state index in [0.29, 0.717) is 11.1 Å². The van der Waals surface area contributed by atoms with Gasteiger partial charge in [0.2, 0.25) is 10.0 Å². The number of rotatable bonds is 5. The summed E-state index contributed by atoms with van der Waals surface area (Å²) in [5, 5.41) is 11.1. The van der Waals surface area contributed by atoms with Crippen molar-refractivity contribution in [3.8, 4) is 0 Å². The highest BCUT2D eigenvalue weighted by Crippen LogP contribution is 2.21. The summed E-state index contributed by atoms with van der Waals surface area (Å²) in [6.07, 6.45) is 0. The molecule has 1 aromatic heterocycles. The molecule has 2 aromatic rings. The Morgan fingerprint density at radius 1 is 1.30 bits per heavy atom. The summed E-state index contributed by atoms with van der Waals surface area (Å²) >= 11 is 1.51. The highest BCUT2D eigenvalue weighted by molar-refractivity contribution is 7.89. The predicted molar refractivity (Wildman–Crippen MR) is 80.2 cm³/mol. The zero-order valence-corrected chi connectivity index (χ0v) is 13.0. The fourth-order valence-corrected chi connectivity index (χ4v) is 4.03. The molecule has 0 bridgehead atoms. The molecule has 0 amide bonds. The molecule has 0 aliphatic heterocycles. The number of benzene rings is 1. The number of aryl methyl sites for hydroxylation is 1. The Labute approximate surface area is 123 Å². The molecule has 0 aliphatic rings. The third kappa shape index (κ3) is 3.27. The summed E-state index contributed by atoms with van der Waals surface area (Å²) in [6, 6.07) is 7.10. The van der Waals surface area contributed by atoms with Crippen LogP contribution in [0.2, 0.25) is 0 Å². The third-order valence-electron chi connectivity index (χ3n) is 3.17. The second-order valence-corrected chi connectivity index (χ2v) is 7.37. The molecule has 0 unspecified atom stereocenters. The van der Waals surface area contributed by atoms with Gasteiger partial charge in [-0.3, -0.25) is 0 Å². The Morgan fingerprint density at radius 2 is 2.05 bits per heavy atom. The first kappa shape index (κ1) is 15.2. The number of hydrogen-bond acceptors (Lipinski definition) is 4. The van der Waals surface area contributed by atoms with Crippen molar-refractivity contribution in [1.82, 2.24) is 4.72 Å². The average molecular weight is 311 g/mol. The van der Waals surface area contributed by atoms with Crippen LogP contribution in [0.25, 0.3) is 0 Å². The van der Waals surface area contributed by atoms with Crippen LogP contribution in [0.4, 0.5) is 0 Å². The summed E-state index contributed by atoms with van der Waals surface area (Å²) < 4.78 is 27.4. The molecule has 1 aromatic carbocycles. The van der Waals surface area contributed by atoms with Crippen LogP contribution in [-0.2, 0) is 23.2 Å². The molecule has 0 saturated carbocycles. The molecule has 4 nitrogen and oxygen atoms in total. The molecule has 0 spiro atoms. The van der Waals surface area contributed by atoms with Crippen LogP contribution in [0.3, 0.4) is 0 Å². The van der Waals surface area contributed by atoms with Gasteiger partial charge >= 0.3 is 0 Å². The smallest absolute Gasteiger partial charge is 0.241 e. The topological polar surface area (TPSA) is 66.4 Å². The predicted octanol–water partition coefficient (Wildman–Crippen LogP) is 2.34. The summed E-state index contributed by atoms with van der Waals surface area (Å²) in [4.78, 5) is 1.19. The molecule has 2 rings (SSSR count). The zero-order valence-electron chi connectivity index (χ0n) is 11.4. The minimum atomic E-state index is -3.58. The highest BCUT2D eigenvalue weighted by atomic mass is 32.2. The van der Waals surface area contributed by atoms with Crippen molar-refractivity contribution in [2.45, 2.75) is 31.9 Å². The number of aliphatic hydroxyl groups excluding tert-OH is 1. The first-order valence-electron chi connectivity index (χ1n) is 6.17. The van der Waals surface area contributed by atoms with Crippen LogP contribution >= 0.6 is 11.3 Å². The van der Waals surface area contributed by atoms with Crippen LogP contribution in [-0.4, -0.2) is 13.5 Å². The van der Waals surface area contributed by atoms with Crippen molar-refractivity contribution in [3.63, 3.8) is 0 Å². The Balaban J connectivity index is 2.31. The number of hydrogen-bond donors (Lipinski definition) is 2. The van der Waals surface area contributed by atoms with Gasteiger partial charge in [-0.25, -0.2) is 13.1 Å². The van der Waals surface area contributed by atoms with E-state index in [0.717, 1.165) is 10.4 Å². The van der Waals surface area contributed by atoms with Gasteiger partial charge in [0.05, 0.1) is 11.5 Å². The van der Waals surface area contributed by atoms with Crippen LogP contribution in [0.1, 0.15) is 21.6 Å². The van der Waals surface area contributed by atoms with Gasteiger partial charge in [-0.15, -0.1) is 11.3 Å². The summed E-state index contributed by atoms with van der Waals surface area (Å²) in [5.41, 5.74) is 2.17. The number of thiophene rings is 1. The van der Waals surface area contributed by atoms with E-state index in [1.54, 1.807) is 13.0 Å². The van der Waals surface area contributed by atoms with E-state index in [1.165, 1.54) is 17.4 Å². The summed E-state index contributed by atoms with van der Waals surface area (Å²) in [6.45, 7) is 3.72. The second-order valence-electron chi connectivity index (χ2n) is 4.60. The molecule has 6 heteroatoms. The maximum Gasteiger partial charge on any atom is 0.241 e. The van der Waals surface area contributed by atoms with Gasteiger partial charge in [-0.1, -0.05) is 12.1 Å². The first-order chi connectivity index (χ1) is 9.44. The lowest BCUT2D eigenvalue weighted by Gasteiger charge is -2.12. The van der Waals surface area contributed by atoms with E-state index in [4.69, 9.17) is 0 Å². The maximum atomic E-state index is 12.4. The van der Waals surface area contributed by atoms with Crippen LogP contribution in [0.15, 0.2) is 34.5 Å². The largest absolute Gasteiger partial charge is 0.392 e. The number of aliphatic hydroxyl groups is 1. The first-order valence-corrected chi connectivity index (χ1v) is 8.53. The van der Waals surface area contributed by atoms with Gasteiger partial charge in [0.25, 0.3) is 0 Å². The van der Waals surface area contributed by atoms with Crippen molar-refractivity contribution in [3.05, 3.63) is 51.2 Å². The van der Waals surface area contributed by atoms with Gasteiger partial charge in [0.15, 0.2) is 0 Å². The average Bonchev–Trinajstić information content (AvgIpc) is 2.92. The molecule has 0 radical (unpaired) electrons. The molecule has 108 valence electrons. The Hall–Kier alpha value is -1.21. The van der Waals surface area contributed by atoms with E-state index >= 15 is 0 Å². The minimum absolute atomic E-state index is 0.172. The Kier molecular flexibility index (Phi) is 4.59. The molecule has 0 aliphatic carbocycles. The molecular formula is C14H17NO3S2. The normalized spacial score (nSPS) is 11.8. The Bertz CT molecular complexity index is 691. The SMILES string of the molecule is Cc1cc(CO)cc(S(=O)(=O)NCc2cccs2)c1C. The molecule has 0 atom stereocenters. The van der Waals surface area contributed by atoms with Gasteiger partial charge in [0.1, 0.15) is 0 Å². The monoisotopic (exact) mass is 311 g/mol. The van der Waals surface area contributed by atoms with Crippen molar-refractivity contribution >= 4 is 21.4 Å². The zero-order chi connectivity index (χ0) is 14.8. The summed E-state index contributed by atoms with van der Waals surface area (Å²) in [5.74, 6) is 0. The lowest BCUT2D eigenvalue weighted by Crippen LogP contribution is -2.24. The van der Waals surface area contributed by atoms with E-state index in [9.17, 15) is 13.5 Å². The van der Waals surface area contributed by atoms with Crippen molar-refractivity contribution in [2.24, 2.45) is 0 Å². The van der Waals surface area contributed by atoms with Crippen molar-refractivity contribution in [2.75, 3.05) is 0 Å². The molecular weight excluding hydrogens is 294 g/mol. The van der Waals surface area contributed by atoms with Gasteiger partial charge in [-0.05, 0) is 48.1 Å². The van der Waals surface area contributed by atoms with Gasteiger partial charge in [-0.2, -0.15) is 0 Å². The quantitative estimate of drug-likeness (QED) is 0.890. The van der Waals surface area contributed by atoms with Crippen LogP contribution < -0.4 is 4.72 Å². The van der Waals surface area contributed by atoms with Crippen LogP contribution in [0, 0.1) is 13.8 Å². The number of sulfonamides is 1. The van der Waals surface area contributed by atoms with E-state index in [1.807, 2.05) is 24.4 Å². The summed E-state index contributed by atoms with van der Waals surface area (Å²) in [7, 11) is -3.58. The van der Waals surface area contributed by atoms with Gasteiger partial charge < -0.3 is 5.11 Å². The molecule has 20 heavy (non-hydrogen) atoms. The number of nitrogens with one attached hydrogen (secondary N) is 1. The standard InChI is InChI=1S/C14H17NO3S2/c1-10-6-12(9-16)7-14(11(10)2)20(17,18)15-8-13-4-3-5-19-13/h3-7,15-16H,8-9H2,1-2H3. The molecule has 0 fully saturated rings. The van der Waals surface area contributed by atoms with Crippen molar-refractivity contribution < 1.29 is 13.5 Å². The van der Waals surface area contributed by atoms with Gasteiger partial charge in [0, 0.05) is 11.4 Å². The fourth-order valence-electron chi connectivity index (χ4n) is 1.93. The Morgan fingerprint density at radius 3 is 2.65 bits per heavy atom. The minimum Gasteiger partial charge on any atom is -0.392 e. The third-order valence-corrected chi connectivity index (χ3v) is 5.57. The molecule has 2 N–H and O–H groups in total. The van der Waals surface area contributed by atoms with E-state index in [-0.39, 0.29) is 18.0 Å². The highest BCUT2D eigenvalue weighted by Gasteiger charge is 2.18. The maximum absolute atomic E-state index is 12.4. The van der Waals surface area contributed by atoms with E-state index in [2.05, 4.69) is 4.72 Å². The van der Waals surface area contributed by atoms with E-state index < -0.39 is 10.0 Å². The lowest BCUT2D eigenvalue weighted by molar-refractivity contribution is 0.281. The lowest BCUT2D eigenvalue weighted by atomic mass is 10.1.